The van der Waals surface area contributed by atoms with Gasteiger partial charge in [-0.2, -0.15) is 12.7 Å². The van der Waals surface area contributed by atoms with Crippen molar-refractivity contribution in [3.8, 4) is 0 Å². The van der Waals surface area contributed by atoms with Gasteiger partial charge in [-0.25, -0.2) is 13.6 Å². The van der Waals surface area contributed by atoms with E-state index in [1.165, 1.54) is 16.4 Å². The molecule has 0 saturated heterocycles. The van der Waals surface area contributed by atoms with Crippen molar-refractivity contribution in [3.05, 3.63) is 23.2 Å². The molecular formula is C10H16ClN3O4S2. The second-order valence-corrected chi connectivity index (χ2v) is 7.52. The normalized spacial score (nSPS) is 12.7. The maximum atomic E-state index is 12.1. The van der Waals surface area contributed by atoms with E-state index in [9.17, 15) is 16.8 Å². The summed E-state index contributed by atoms with van der Waals surface area (Å²) < 4.78 is 50.0. The average Bonchev–Trinajstić information content (AvgIpc) is 2.31. The number of hydrogen-bond acceptors (Lipinski definition) is 4. The molecule has 10 heteroatoms. The quantitative estimate of drug-likeness (QED) is 0.803. The predicted octanol–water partition coefficient (Wildman–Crippen LogP) is 0.986. The molecule has 0 saturated carbocycles. The van der Waals surface area contributed by atoms with Gasteiger partial charge in [0.2, 0.25) is 10.0 Å². The van der Waals surface area contributed by atoms with Crippen molar-refractivity contribution in [2.45, 2.75) is 18.7 Å². The van der Waals surface area contributed by atoms with Gasteiger partial charge >= 0.3 is 10.2 Å². The third-order valence-electron chi connectivity index (χ3n) is 2.55. The Morgan fingerprint density at radius 3 is 2.20 bits per heavy atom. The van der Waals surface area contributed by atoms with Crippen molar-refractivity contribution in [1.82, 2.24) is 4.31 Å². The summed E-state index contributed by atoms with van der Waals surface area (Å²) in [7, 11) is -7.73. The number of halogens is 1. The fourth-order valence-electron chi connectivity index (χ4n) is 1.53. The standard InChI is InChI=1S/C10H16ClN3O4S2/c1-3-14(4-2)20(17,18)13-10-7-8(19(12,15)16)5-6-9(10)11/h5-7,13H,3-4H2,1-2H3,(H2,12,15,16). The largest absolute Gasteiger partial charge is 0.301 e. The highest BCUT2D eigenvalue weighted by molar-refractivity contribution is 7.90. The number of sulfonamides is 1. The molecule has 0 aromatic heterocycles. The zero-order chi connectivity index (χ0) is 15.6. The van der Waals surface area contributed by atoms with Crippen molar-refractivity contribution < 1.29 is 16.8 Å². The minimum atomic E-state index is -3.94. The molecule has 0 radical (unpaired) electrons. The van der Waals surface area contributed by atoms with Gasteiger partial charge in [-0.15, -0.1) is 0 Å². The highest BCUT2D eigenvalue weighted by Crippen LogP contribution is 2.26. The van der Waals surface area contributed by atoms with Gasteiger partial charge in [0.25, 0.3) is 0 Å². The molecule has 0 unspecified atom stereocenters. The topological polar surface area (TPSA) is 110 Å². The Balaban J connectivity index is 3.22. The van der Waals surface area contributed by atoms with Crippen molar-refractivity contribution in [3.63, 3.8) is 0 Å². The van der Waals surface area contributed by atoms with Crippen molar-refractivity contribution >= 4 is 37.5 Å². The maximum absolute atomic E-state index is 12.1. The Labute approximate surface area is 124 Å². The first-order valence-electron chi connectivity index (χ1n) is 5.72. The van der Waals surface area contributed by atoms with Crippen LogP contribution in [0.3, 0.4) is 0 Å². The van der Waals surface area contributed by atoms with Gasteiger partial charge in [0, 0.05) is 13.1 Å². The van der Waals surface area contributed by atoms with Crippen molar-refractivity contribution in [2.75, 3.05) is 17.8 Å². The number of nitrogens with one attached hydrogen (secondary N) is 1. The van der Waals surface area contributed by atoms with Crippen LogP contribution in [0.25, 0.3) is 0 Å². The van der Waals surface area contributed by atoms with Crippen molar-refractivity contribution in [2.24, 2.45) is 5.14 Å². The number of hydrogen-bond donors (Lipinski definition) is 2. The summed E-state index contributed by atoms with van der Waals surface area (Å²) in [4.78, 5) is -0.223. The molecule has 0 spiro atoms. The molecule has 1 aromatic carbocycles. The van der Waals surface area contributed by atoms with Crippen LogP contribution in [-0.2, 0) is 20.2 Å². The SMILES string of the molecule is CCN(CC)S(=O)(=O)Nc1cc(S(N)(=O)=O)ccc1Cl. The molecule has 20 heavy (non-hydrogen) atoms. The second kappa shape index (κ2) is 6.27. The van der Waals surface area contributed by atoms with Gasteiger partial charge in [-0.3, -0.25) is 4.72 Å². The highest BCUT2D eigenvalue weighted by atomic mass is 35.5. The first-order valence-corrected chi connectivity index (χ1v) is 9.08. The number of rotatable bonds is 6. The van der Waals surface area contributed by atoms with Gasteiger partial charge in [0.1, 0.15) is 0 Å². The van der Waals surface area contributed by atoms with Crippen LogP contribution in [0.15, 0.2) is 23.1 Å². The van der Waals surface area contributed by atoms with E-state index in [1.54, 1.807) is 13.8 Å². The van der Waals surface area contributed by atoms with Crippen LogP contribution in [0.4, 0.5) is 5.69 Å². The lowest BCUT2D eigenvalue weighted by molar-refractivity contribution is 0.449. The molecule has 3 N–H and O–H groups in total. The minimum absolute atomic E-state index is 0.0370. The molecule has 7 nitrogen and oxygen atoms in total. The molecule has 114 valence electrons. The summed E-state index contributed by atoms with van der Waals surface area (Å²) in [6, 6.07) is 3.55. The van der Waals surface area contributed by atoms with Crippen LogP contribution in [-0.4, -0.2) is 34.2 Å². The smallest absolute Gasteiger partial charge is 0.269 e. The van der Waals surface area contributed by atoms with Gasteiger partial charge in [-0.1, -0.05) is 25.4 Å². The molecule has 0 amide bonds. The van der Waals surface area contributed by atoms with E-state index in [0.717, 1.165) is 6.07 Å². The summed E-state index contributed by atoms with van der Waals surface area (Å²) in [6.07, 6.45) is 0. The van der Waals surface area contributed by atoms with E-state index in [0.29, 0.717) is 0 Å². The molecule has 0 atom stereocenters. The van der Waals surface area contributed by atoms with Crippen LogP contribution in [0, 0.1) is 0 Å². The average molecular weight is 342 g/mol. The van der Waals surface area contributed by atoms with Gasteiger partial charge in [-0.05, 0) is 18.2 Å². The lowest BCUT2D eigenvalue weighted by Gasteiger charge is -2.20. The van der Waals surface area contributed by atoms with Crippen LogP contribution in [0.1, 0.15) is 13.8 Å². The predicted molar refractivity (Wildman–Crippen MR) is 78.3 cm³/mol. The van der Waals surface area contributed by atoms with E-state index >= 15 is 0 Å². The Morgan fingerprint density at radius 1 is 1.20 bits per heavy atom. The number of nitrogens with zero attached hydrogens (tertiary/aromatic N) is 1. The molecule has 0 bridgehead atoms. The van der Waals surface area contributed by atoms with Gasteiger partial charge in [0.15, 0.2) is 0 Å². The van der Waals surface area contributed by atoms with E-state index in [4.69, 9.17) is 16.7 Å². The fraction of sp³-hybridized carbons (Fsp3) is 0.400. The highest BCUT2D eigenvalue weighted by Gasteiger charge is 2.20. The Hall–Kier alpha value is -0.870. The van der Waals surface area contributed by atoms with Crippen LogP contribution in [0.5, 0.6) is 0 Å². The molecular weight excluding hydrogens is 326 g/mol. The number of benzene rings is 1. The first-order chi connectivity index (χ1) is 9.11. The second-order valence-electron chi connectivity index (χ2n) is 3.88. The van der Waals surface area contributed by atoms with E-state index in [-0.39, 0.29) is 28.7 Å². The van der Waals surface area contributed by atoms with Crippen LogP contribution in [0.2, 0.25) is 5.02 Å². The lowest BCUT2D eigenvalue weighted by Crippen LogP contribution is -2.35. The summed E-state index contributed by atoms with van der Waals surface area (Å²) in [6.45, 7) is 3.92. The van der Waals surface area contributed by atoms with Crippen molar-refractivity contribution in [1.29, 1.82) is 0 Å². The molecule has 1 rings (SSSR count). The molecule has 0 heterocycles. The summed E-state index contributed by atoms with van der Waals surface area (Å²) in [5.74, 6) is 0. The monoisotopic (exact) mass is 341 g/mol. The molecule has 1 aromatic rings. The summed E-state index contributed by atoms with van der Waals surface area (Å²) in [5, 5.41) is 5.07. The van der Waals surface area contributed by atoms with Gasteiger partial charge < -0.3 is 0 Å². The Kier molecular flexibility index (Phi) is 5.39. The Morgan fingerprint density at radius 2 is 1.75 bits per heavy atom. The zero-order valence-electron chi connectivity index (χ0n) is 11.0. The third kappa shape index (κ3) is 4.06. The number of primary sulfonamides is 1. The van der Waals surface area contributed by atoms with Crippen LogP contribution >= 0.6 is 11.6 Å². The maximum Gasteiger partial charge on any atom is 0.301 e. The Bertz CT molecular complexity index is 684. The van der Waals surface area contributed by atoms with E-state index < -0.39 is 20.2 Å². The fourth-order valence-corrected chi connectivity index (χ4v) is 3.54. The third-order valence-corrected chi connectivity index (χ3v) is 5.47. The summed E-state index contributed by atoms with van der Waals surface area (Å²) >= 11 is 5.86. The summed E-state index contributed by atoms with van der Waals surface area (Å²) in [5.41, 5.74) is -0.0370. The molecule has 0 aliphatic carbocycles. The minimum Gasteiger partial charge on any atom is -0.269 e. The molecule has 0 fully saturated rings. The van der Waals surface area contributed by atoms with E-state index in [2.05, 4.69) is 4.72 Å². The lowest BCUT2D eigenvalue weighted by atomic mass is 10.3. The zero-order valence-corrected chi connectivity index (χ0v) is 13.4. The van der Waals surface area contributed by atoms with Crippen LogP contribution < -0.4 is 9.86 Å². The van der Waals surface area contributed by atoms with E-state index in [1.807, 2.05) is 0 Å². The first kappa shape index (κ1) is 17.2. The number of nitrogens with two attached hydrogens (primary N) is 1. The number of anilines is 1. The van der Waals surface area contributed by atoms with Gasteiger partial charge in [0.05, 0.1) is 15.6 Å². The molecule has 0 aliphatic heterocycles. The molecule has 0 aliphatic rings.